The molecule has 1 saturated carbocycles. The molecular weight excluding hydrogens is 243 g/mol. The monoisotopic (exact) mass is 259 g/mol. The summed E-state index contributed by atoms with van der Waals surface area (Å²) in [5.74, 6) is -0.0772. The molecule has 0 atom stereocenters. The largest absolute Gasteiger partial charge is 0.490 e. The number of ether oxygens (including phenoxy) is 1. The fraction of sp³-hybridized carbons (Fsp3) is 0.538. The molecule has 100 valence electrons. The van der Waals surface area contributed by atoms with Gasteiger partial charge in [-0.05, 0) is 43.4 Å². The van der Waals surface area contributed by atoms with Gasteiger partial charge in [0.25, 0.3) is 0 Å². The summed E-state index contributed by atoms with van der Waals surface area (Å²) in [6, 6.07) is 4.03. The van der Waals surface area contributed by atoms with Gasteiger partial charge in [-0.1, -0.05) is 6.07 Å². The van der Waals surface area contributed by atoms with Crippen molar-refractivity contribution in [1.29, 1.82) is 0 Å². The van der Waals surface area contributed by atoms with Crippen molar-refractivity contribution in [2.24, 2.45) is 5.73 Å². The van der Waals surface area contributed by atoms with Gasteiger partial charge in [-0.3, -0.25) is 0 Å². The number of benzene rings is 1. The maximum atomic E-state index is 12.9. The predicted octanol–water partition coefficient (Wildman–Crippen LogP) is 3.49. The van der Waals surface area contributed by atoms with E-state index in [9.17, 15) is 13.2 Å². The standard InChI is InChI=1S/C13H16F3NO/c14-13(15,16)11-7-9(8-17)5-6-12(11)18-10-3-1-2-4-10/h5-7,10H,1-4,8,17H2. The SMILES string of the molecule is NCc1ccc(OC2CCCC2)c(C(F)(F)F)c1. The molecule has 0 saturated heterocycles. The number of nitrogens with two attached hydrogens (primary N) is 1. The van der Waals surface area contributed by atoms with E-state index in [1.807, 2.05) is 0 Å². The summed E-state index contributed by atoms with van der Waals surface area (Å²) in [5.41, 5.74) is 5.10. The first-order valence-corrected chi connectivity index (χ1v) is 6.07. The number of halogens is 3. The van der Waals surface area contributed by atoms with Gasteiger partial charge in [0.1, 0.15) is 5.75 Å². The lowest BCUT2D eigenvalue weighted by atomic mass is 10.1. The zero-order valence-corrected chi connectivity index (χ0v) is 9.96. The van der Waals surface area contributed by atoms with E-state index in [1.165, 1.54) is 6.07 Å². The van der Waals surface area contributed by atoms with Gasteiger partial charge in [-0.2, -0.15) is 13.2 Å². The molecule has 0 radical (unpaired) electrons. The van der Waals surface area contributed by atoms with E-state index in [4.69, 9.17) is 10.5 Å². The third-order valence-corrected chi connectivity index (χ3v) is 3.18. The predicted molar refractivity (Wildman–Crippen MR) is 62.2 cm³/mol. The quantitative estimate of drug-likeness (QED) is 0.901. The minimum atomic E-state index is -4.40. The van der Waals surface area contributed by atoms with Crippen LogP contribution in [0.25, 0.3) is 0 Å². The first-order valence-electron chi connectivity index (χ1n) is 6.07. The van der Waals surface area contributed by atoms with Crippen LogP contribution in [0.2, 0.25) is 0 Å². The molecule has 5 heteroatoms. The second kappa shape index (κ2) is 5.18. The number of rotatable bonds is 3. The molecule has 2 nitrogen and oxygen atoms in total. The van der Waals surface area contributed by atoms with Gasteiger partial charge >= 0.3 is 6.18 Å². The van der Waals surface area contributed by atoms with Crippen molar-refractivity contribution in [3.8, 4) is 5.75 Å². The van der Waals surface area contributed by atoms with Crippen LogP contribution in [0.15, 0.2) is 18.2 Å². The Kier molecular flexibility index (Phi) is 3.80. The van der Waals surface area contributed by atoms with E-state index in [2.05, 4.69) is 0 Å². The van der Waals surface area contributed by atoms with E-state index < -0.39 is 11.7 Å². The van der Waals surface area contributed by atoms with Crippen LogP contribution in [0.3, 0.4) is 0 Å². The Morgan fingerprint density at radius 3 is 2.44 bits per heavy atom. The molecular formula is C13H16F3NO. The van der Waals surface area contributed by atoms with E-state index in [-0.39, 0.29) is 18.4 Å². The van der Waals surface area contributed by atoms with Crippen LogP contribution in [-0.2, 0) is 12.7 Å². The van der Waals surface area contributed by atoms with Crippen LogP contribution in [0.1, 0.15) is 36.8 Å². The highest BCUT2D eigenvalue weighted by Crippen LogP contribution is 2.38. The molecule has 1 aromatic carbocycles. The van der Waals surface area contributed by atoms with E-state index >= 15 is 0 Å². The average Bonchev–Trinajstić information content (AvgIpc) is 2.81. The highest BCUT2D eigenvalue weighted by Gasteiger charge is 2.35. The van der Waals surface area contributed by atoms with Crippen molar-refractivity contribution in [2.75, 3.05) is 0 Å². The molecule has 1 aromatic rings. The Hall–Kier alpha value is -1.23. The van der Waals surface area contributed by atoms with Crippen LogP contribution >= 0.6 is 0 Å². The second-order valence-corrected chi connectivity index (χ2v) is 4.56. The molecule has 18 heavy (non-hydrogen) atoms. The van der Waals surface area contributed by atoms with Crippen molar-refractivity contribution in [1.82, 2.24) is 0 Å². The molecule has 1 aliphatic rings. The Labute approximate surface area is 104 Å². The molecule has 1 aliphatic carbocycles. The van der Waals surface area contributed by atoms with Crippen LogP contribution < -0.4 is 10.5 Å². The van der Waals surface area contributed by atoms with Gasteiger partial charge in [0.05, 0.1) is 11.7 Å². The van der Waals surface area contributed by atoms with E-state index in [1.54, 1.807) is 6.07 Å². The summed E-state index contributed by atoms with van der Waals surface area (Å²) in [5, 5.41) is 0. The van der Waals surface area contributed by atoms with Gasteiger partial charge in [0.15, 0.2) is 0 Å². The Bertz CT molecular complexity index is 411. The molecule has 0 unspecified atom stereocenters. The van der Waals surface area contributed by atoms with Crippen molar-refractivity contribution >= 4 is 0 Å². The highest BCUT2D eigenvalue weighted by atomic mass is 19.4. The minimum Gasteiger partial charge on any atom is -0.490 e. The van der Waals surface area contributed by atoms with E-state index in [0.29, 0.717) is 5.56 Å². The topological polar surface area (TPSA) is 35.2 Å². The number of hydrogen-bond acceptors (Lipinski definition) is 2. The minimum absolute atomic E-state index is 0.0772. The molecule has 0 spiro atoms. The first kappa shape index (κ1) is 13.2. The maximum absolute atomic E-state index is 12.9. The molecule has 0 aromatic heterocycles. The normalized spacial score (nSPS) is 17.1. The Balaban J connectivity index is 2.27. The smallest absolute Gasteiger partial charge is 0.419 e. The van der Waals surface area contributed by atoms with Gasteiger partial charge in [-0.25, -0.2) is 0 Å². The fourth-order valence-corrected chi connectivity index (χ4v) is 2.21. The lowest BCUT2D eigenvalue weighted by molar-refractivity contribution is -0.139. The van der Waals surface area contributed by atoms with Crippen LogP contribution in [0.5, 0.6) is 5.75 Å². The molecule has 2 N–H and O–H groups in total. The van der Waals surface area contributed by atoms with Gasteiger partial charge in [0, 0.05) is 6.54 Å². The molecule has 0 aliphatic heterocycles. The average molecular weight is 259 g/mol. The van der Waals surface area contributed by atoms with Gasteiger partial charge in [0.2, 0.25) is 0 Å². The van der Waals surface area contributed by atoms with Crippen molar-refractivity contribution in [3.63, 3.8) is 0 Å². The third-order valence-electron chi connectivity index (χ3n) is 3.18. The number of alkyl halides is 3. The highest BCUT2D eigenvalue weighted by molar-refractivity contribution is 5.39. The molecule has 0 heterocycles. The summed E-state index contributed by atoms with van der Waals surface area (Å²) >= 11 is 0. The van der Waals surface area contributed by atoms with Crippen molar-refractivity contribution in [2.45, 2.75) is 44.5 Å². The second-order valence-electron chi connectivity index (χ2n) is 4.56. The van der Waals surface area contributed by atoms with Crippen molar-refractivity contribution in [3.05, 3.63) is 29.3 Å². The van der Waals surface area contributed by atoms with E-state index in [0.717, 1.165) is 31.7 Å². The Morgan fingerprint density at radius 2 is 1.89 bits per heavy atom. The van der Waals surface area contributed by atoms with Gasteiger partial charge < -0.3 is 10.5 Å². The van der Waals surface area contributed by atoms with Crippen molar-refractivity contribution < 1.29 is 17.9 Å². The zero-order valence-electron chi connectivity index (χ0n) is 9.96. The van der Waals surface area contributed by atoms with Crippen LogP contribution in [0, 0.1) is 0 Å². The summed E-state index contributed by atoms with van der Waals surface area (Å²) in [7, 11) is 0. The summed E-state index contributed by atoms with van der Waals surface area (Å²) < 4.78 is 44.2. The first-order chi connectivity index (χ1) is 8.50. The molecule has 0 bridgehead atoms. The molecule has 1 fully saturated rings. The lowest BCUT2D eigenvalue weighted by Crippen LogP contribution is -2.16. The summed E-state index contributed by atoms with van der Waals surface area (Å²) in [6.07, 6.45) is -0.792. The van der Waals surface area contributed by atoms with Gasteiger partial charge in [-0.15, -0.1) is 0 Å². The molecule has 0 amide bonds. The van der Waals surface area contributed by atoms with Crippen LogP contribution in [0.4, 0.5) is 13.2 Å². The number of hydrogen-bond donors (Lipinski definition) is 1. The summed E-state index contributed by atoms with van der Waals surface area (Å²) in [4.78, 5) is 0. The zero-order chi connectivity index (χ0) is 13.2. The third kappa shape index (κ3) is 2.96. The Morgan fingerprint density at radius 1 is 1.22 bits per heavy atom. The lowest BCUT2D eigenvalue weighted by Gasteiger charge is -2.18. The fourth-order valence-electron chi connectivity index (χ4n) is 2.21. The summed E-state index contributed by atoms with van der Waals surface area (Å²) in [6.45, 7) is 0.0901. The maximum Gasteiger partial charge on any atom is 0.419 e. The van der Waals surface area contributed by atoms with Crippen LogP contribution in [-0.4, -0.2) is 6.10 Å². The molecule has 2 rings (SSSR count).